The predicted molar refractivity (Wildman–Crippen MR) is 78.1 cm³/mol. The molecule has 1 atom stereocenters. The molecule has 4 heteroatoms. The zero-order valence-electron chi connectivity index (χ0n) is 10.8. The van der Waals surface area contributed by atoms with Crippen molar-refractivity contribution in [2.24, 2.45) is 0 Å². The SMILES string of the molecule is O[C@]1(c2ccc(Cl)cc2)c2ccccc2C2=[N+]1CCN2. The summed E-state index contributed by atoms with van der Waals surface area (Å²) in [5.41, 5.74) is 1.72. The van der Waals surface area contributed by atoms with Gasteiger partial charge in [0.2, 0.25) is 0 Å². The van der Waals surface area contributed by atoms with Crippen LogP contribution in [0.3, 0.4) is 0 Å². The van der Waals surface area contributed by atoms with E-state index in [4.69, 9.17) is 11.6 Å². The Bertz CT molecular complexity index is 724. The summed E-state index contributed by atoms with van der Waals surface area (Å²) in [5.74, 6) is 1.01. The van der Waals surface area contributed by atoms with Crippen LogP contribution in [0, 0.1) is 0 Å². The summed E-state index contributed by atoms with van der Waals surface area (Å²) in [4.78, 5) is 0. The number of nitrogens with one attached hydrogen (secondary N) is 1. The summed E-state index contributed by atoms with van der Waals surface area (Å²) in [6, 6.07) is 15.4. The summed E-state index contributed by atoms with van der Waals surface area (Å²) in [6.07, 6.45) is 0. The van der Waals surface area contributed by atoms with Crippen molar-refractivity contribution in [3.8, 4) is 0 Å². The topological polar surface area (TPSA) is 35.3 Å². The summed E-state index contributed by atoms with van der Waals surface area (Å²) >= 11 is 5.96. The van der Waals surface area contributed by atoms with E-state index >= 15 is 0 Å². The average Bonchev–Trinajstić information content (AvgIpc) is 3.04. The van der Waals surface area contributed by atoms with E-state index in [-0.39, 0.29) is 0 Å². The molecule has 0 amide bonds. The minimum Gasteiger partial charge on any atom is -0.346 e. The van der Waals surface area contributed by atoms with E-state index in [0.717, 1.165) is 35.6 Å². The van der Waals surface area contributed by atoms with Crippen molar-refractivity contribution in [3.05, 3.63) is 70.2 Å². The fraction of sp³-hybridized carbons (Fsp3) is 0.188. The van der Waals surface area contributed by atoms with Gasteiger partial charge in [-0.3, -0.25) is 5.32 Å². The van der Waals surface area contributed by atoms with Crippen molar-refractivity contribution < 1.29 is 9.68 Å². The van der Waals surface area contributed by atoms with Crippen LogP contribution in [0.25, 0.3) is 0 Å². The smallest absolute Gasteiger partial charge is 0.280 e. The molecule has 0 saturated carbocycles. The fourth-order valence-electron chi connectivity index (χ4n) is 3.19. The maximum Gasteiger partial charge on any atom is 0.280 e. The first-order valence-electron chi connectivity index (χ1n) is 6.68. The van der Waals surface area contributed by atoms with Crippen molar-refractivity contribution in [2.45, 2.75) is 5.72 Å². The molecule has 0 fully saturated rings. The number of amidine groups is 1. The monoisotopic (exact) mass is 285 g/mol. The van der Waals surface area contributed by atoms with Crippen LogP contribution in [0.2, 0.25) is 5.02 Å². The molecule has 100 valence electrons. The van der Waals surface area contributed by atoms with E-state index in [1.54, 1.807) is 0 Å². The Morgan fingerprint density at radius 3 is 2.65 bits per heavy atom. The largest absolute Gasteiger partial charge is 0.346 e. The van der Waals surface area contributed by atoms with E-state index in [1.165, 1.54) is 0 Å². The number of aliphatic hydroxyl groups is 1. The third kappa shape index (κ3) is 1.42. The fourth-order valence-corrected chi connectivity index (χ4v) is 3.32. The molecule has 2 aromatic rings. The molecule has 0 unspecified atom stereocenters. The minimum absolute atomic E-state index is 0.674. The Morgan fingerprint density at radius 1 is 1.10 bits per heavy atom. The third-order valence-electron chi connectivity index (χ3n) is 4.09. The van der Waals surface area contributed by atoms with Crippen LogP contribution < -0.4 is 5.32 Å². The van der Waals surface area contributed by atoms with Crippen molar-refractivity contribution in [1.29, 1.82) is 0 Å². The quantitative estimate of drug-likeness (QED) is 0.785. The molecule has 2 aromatic carbocycles. The standard InChI is InChI=1S/C16H13ClN2O/c17-12-7-5-11(6-8-12)16(20)14-4-2-1-3-13(14)15-18-9-10-19(15)16/h1-8,20H,9-10H2/p+1/t16-/m1/s1. The van der Waals surface area contributed by atoms with E-state index in [0.29, 0.717) is 5.02 Å². The molecule has 0 aliphatic carbocycles. The average molecular weight is 286 g/mol. The minimum atomic E-state index is -1.11. The van der Waals surface area contributed by atoms with Crippen molar-refractivity contribution in [1.82, 2.24) is 5.32 Å². The molecule has 4 rings (SSSR count). The number of benzene rings is 2. The van der Waals surface area contributed by atoms with Gasteiger partial charge in [-0.05, 0) is 18.2 Å². The van der Waals surface area contributed by atoms with E-state index in [9.17, 15) is 5.11 Å². The van der Waals surface area contributed by atoms with Crippen LogP contribution in [0.1, 0.15) is 16.7 Å². The lowest BCUT2D eigenvalue weighted by Gasteiger charge is -2.25. The van der Waals surface area contributed by atoms with Crippen LogP contribution in [0.5, 0.6) is 0 Å². The van der Waals surface area contributed by atoms with E-state index in [1.807, 2.05) is 53.1 Å². The van der Waals surface area contributed by atoms with Crippen LogP contribution in [0.15, 0.2) is 48.5 Å². The second-order valence-electron chi connectivity index (χ2n) is 5.15. The summed E-state index contributed by atoms with van der Waals surface area (Å²) in [7, 11) is 0. The predicted octanol–water partition coefficient (Wildman–Crippen LogP) is 1.91. The van der Waals surface area contributed by atoms with Crippen LogP contribution in [-0.2, 0) is 5.72 Å². The van der Waals surface area contributed by atoms with Gasteiger partial charge >= 0.3 is 0 Å². The highest BCUT2D eigenvalue weighted by Crippen LogP contribution is 2.39. The van der Waals surface area contributed by atoms with Gasteiger partial charge in [0.1, 0.15) is 13.1 Å². The summed E-state index contributed by atoms with van der Waals surface area (Å²) in [6.45, 7) is 1.63. The first-order chi connectivity index (χ1) is 9.71. The molecule has 2 heterocycles. The first kappa shape index (κ1) is 11.9. The Kier molecular flexibility index (Phi) is 2.43. The zero-order valence-corrected chi connectivity index (χ0v) is 11.6. The number of halogens is 1. The maximum atomic E-state index is 11.4. The lowest BCUT2D eigenvalue weighted by Crippen LogP contribution is -2.38. The molecule has 2 aliphatic heterocycles. The van der Waals surface area contributed by atoms with Crippen molar-refractivity contribution >= 4 is 17.4 Å². The van der Waals surface area contributed by atoms with Crippen LogP contribution in [0.4, 0.5) is 0 Å². The number of hydrogen-bond acceptors (Lipinski definition) is 2. The van der Waals surface area contributed by atoms with Gasteiger partial charge in [0.25, 0.3) is 11.6 Å². The van der Waals surface area contributed by atoms with Gasteiger partial charge in [-0.15, -0.1) is 0 Å². The molecule has 0 radical (unpaired) electrons. The third-order valence-corrected chi connectivity index (χ3v) is 4.34. The molecular formula is C16H14ClN2O+. The second kappa shape index (κ2) is 4.08. The Morgan fingerprint density at radius 2 is 1.85 bits per heavy atom. The number of rotatable bonds is 1. The number of hydrogen-bond donors (Lipinski definition) is 2. The normalized spacial score (nSPS) is 23.5. The summed E-state index contributed by atoms with van der Waals surface area (Å²) < 4.78 is 2.03. The van der Waals surface area contributed by atoms with Crippen LogP contribution >= 0.6 is 11.6 Å². The van der Waals surface area contributed by atoms with Crippen LogP contribution in [-0.4, -0.2) is 28.6 Å². The summed E-state index contributed by atoms with van der Waals surface area (Å²) in [5, 5.41) is 15.4. The lowest BCUT2D eigenvalue weighted by molar-refractivity contribution is -0.644. The molecule has 2 N–H and O–H groups in total. The zero-order chi connectivity index (χ0) is 13.7. The Balaban J connectivity index is 1.98. The molecule has 0 bridgehead atoms. The Hall–Kier alpha value is -1.84. The number of nitrogens with zero attached hydrogens (tertiary/aromatic N) is 1. The van der Waals surface area contributed by atoms with E-state index in [2.05, 4.69) is 5.32 Å². The molecule has 0 saturated heterocycles. The van der Waals surface area contributed by atoms with Gasteiger partial charge in [0.05, 0.1) is 5.56 Å². The highest BCUT2D eigenvalue weighted by molar-refractivity contribution is 6.30. The molecule has 0 spiro atoms. The molecule has 20 heavy (non-hydrogen) atoms. The highest BCUT2D eigenvalue weighted by Gasteiger charge is 2.51. The van der Waals surface area contributed by atoms with Gasteiger partial charge in [0, 0.05) is 16.1 Å². The van der Waals surface area contributed by atoms with Gasteiger partial charge in [-0.2, -0.15) is 0 Å². The van der Waals surface area contributed by atoms with Gasteiger partial charge < -0.3 is 5.11 Å². The molecule has 0 aromatic heterocycles. The van der Waals surface area contributed by atoms with E-state index < -0.39 is 5.72 Å². The number of fused-ring (bicyclic) bond motifs is 2. The van der Waals surface area contributed by atoms with Gasteiger partial charge in [-0.25, -0.2) is 4.58 Å². The molecular weight excluding hydrogens is 272 g/mol. The maximum absolute atomic E-state index is 11.4. The lowest BCUT2D eigenvalue weighted by atomic mass is 9.93. The van der Waals surface area contributed by atoms with Gasteiger partial charge in [0.15, 0.2) is 0 Å². The molecule has 3 nitrogen and oxygen atoms in total. The van der Waals surface area contributed by atoms with Crippen molar-refractivity contribution in [3.63, 3.8) is 0 Å². The van der Waals surface area contributed by atoms with Crippen molar-refractivity contribution in [2.75, 3.05) is 13.1 Å². The molecule has 2 aliphatic rings. The van der Waals surface area contributed by atoms with Gasteiger partial charge in [-0.1, -0.05) is 41.9 Å². The highest BCUT2D eigenvalue weighted by atomic mass is 35.5. The Labute approximate surface area is 122 Å². The first-order valence-corrected chi connectivity index (χ1v) is 7.06. The second-order valence-corrected chi connectivity index (χ2v) is 5.59.